The van der Waals surface area contributed by atoms with Crippen LogP contribution < -0.4 is 0 Å². The summed E-state index contributed by atoms with van der Waals surface area (Å²) in [5.74, 6) is 0. The second-order valence-corrected chi connectivity index (χ2v) is 19.5. The molecule has 13 rings (SSSR count). The Balaban J connectivity index is 0.00000219. The van der Waals surface area contributed by atoms with E-state index in [4.69, 9.17) is 4.42 Å². The number of para-hydroxylation sites is 2. The topological polar surface area (TPSA) is 18.1 Å². The van der Waals surface area contributed by atoms with Gasteiger partial charge in [-0.25, -0.2) is 0 Å². The van der Waals surface area contributed by atoms with Gasteiger partial charge < -0.3 is 8.98 Å². The first kappa shape index (κ1) is 38.8. The third-order valence-electron chi connectivity index (χ3n) is 13.0. The molecule has 12 aromatic rings. The maximum absolute atomic E-state index is 6.64. The average molecular weight is 852 g/mol. The molecule has 0 aliphatic carbocycles. The van der Waals surface area contributed by atoms with E-state index in [1.165, 1.54) is 74.8 Å². The molecule has 3 heterocycles. The van der Waals surface area contributed by atoms with Crippen LogP contribution in [0, 0.1) is 0 Å². The van der Waals surface area contributed by atoms with Crippen LogP contribution in [-0.2, 0) is 0 Å². The fraction of sp³-hybridized carbons (Fsp3) is 0.0323. The molecular weight excluding hydrogens is 807 g/mol. The number of aromatic nitrogens is 1. The lowest BCUT2D eigenvalue weighted by molar-refractivity contribution is 0.670. The molecule has 0 radical (unpaired) electrons. The fourth-order valence-electron chi connectivity index (χ4n) is 10.2. The predicted octanol–water partition coefficient (Wildman–Crippen LogP) is 18.0. The van der Waals surface area contributed by atoms with E-state index in [2.05, 4.69) is 235 Å². The molecule has 0 fully saturated rings. The van der Waals surface area contributed by atoms with E-state index in [0.29, 0.717) is 0 Å². The van der Waals surface area contributed by atoms with Gasteiger partial charge in [-0.3, -0.25) is 0 Å². The molecule has 1 aliphatic rings. The van der Waals surface area contributed by atoms with Crippen LogP contribution in [0.4, 0.5) is 0 Å². The Morgan fingerprint density at radius 2 is 0.831 bits per heavy atom. The molecule has 0 spiro atoms. The summed E-state index contributed by atoms with van der Waals surface area (Å²) in [4.78, 5) is 5.33. The highest BCUT2D eigenvalue weighted by Gasteiger charge is 2.42. The quantitative estimate of drug-likeness (QED) is 0.163. The van der Waals surface area contributed by atoms with Crippen molar-refractivity contribution >= 4 is 53.8 Å². The molecule has 1 aliphatic heterocycles. The molecule has 0 atom stereocenters. The van der Waals surface area contributed by atoms with Gasteiger partial charge in [-0.05, 0) is 112 Å². The Labute approximate surface area is 381 Å². The van der Waals surface area contributed by atoms with E-state index in [0.717, 1.165) is 38.8 Å². The first-order valence-corrected chi connectivity index (χ1v) is 24.2. The molecular formula is C62H45NOS. The number of fused-ring (bicyclic) bond motifs is 9. The van der Waals surface area contributed by atoms with Gasteiger partial charge in [0.15, 0.2) is 0 Å². The number of hydrogen-bond donors (Lipinski definition) is 0. The highest BCUT2D eigenvalue weighted by molar-refractivity contribution is 8.34. The van der Waals surface area contributed by atoms with E-state index >= 15 is 0 Å². The summed E-state index contributed by atoms with van der Waals surface area (Å²) in [6.07, 6.45) is 0. The van der Waals surface area contributed by atoms with Crippen molar-refractivity contribution in [3.63, 3.8) is 0 Å². The Kier molecular flexibility index (Phi) is 9.40. The number of furan rings is 1. The van der Waals surface area contributed by atoms with Crippen LogP contribution in [0.15, 0.2) is 261 Å². The highest BCUT2D eigenvalue weighted by atomic mass is 32.3. The normalized spacial score (nSPS) is 13.1. The van der Waals surface area contributed by atoms with Crippen LogP contribution in [0.3, 0.4) is 0 Å². The molecule has 65 heavy (non-hydrogen) atoms. The van der Waals surface area contributed by atoms with Crippen LogP contribution in [0.5, 0.6) is 0 Å². The third kappa shape index (κ3) is 6.04. The lowest BCUT2D eigenvalue weighted by atomic mass is 9.98. The summed E-state index contributed by atoms with van der Waals surface area (Å²) >= 11 is 0. The molecule has 0 saturated heterocycles. The Bertz CT molecular complexity index is 3580. The molecule has 0 saturated carbocycles. The smallest absolute Gasteiger partial charge is 0.143 e. The van der Waals surface area contributed by atoms with Crippen molar-refractivity contribution in [1.82, 2.24) is 4.57 Å². The molecule has 0 unspecified atom stereocenters. The van der Waals surface area contributed by atoms with Gasteiger partial charge in [0, 0.05) is 52.4 Å². The highest BCUT2D eigenvalue weighted by Crippen LogP contribution is 2.80. The number of rotatable bonds is 6. The first-order valence-electron chi connectivity index (χ1n) is 22.6. The predicted molar refractivity (Wildman–Crippen MR) is 275 cm³/mol. The molecule has 0 bridgehead atoms. The Morgan fingerprint density at radius 1 is 0.338 bits per heavy atom. The zero-order chi connectivity index (χ0) is 43.5. The molecule has 310 valence electrons. The van der Waals surface area contributed by atoms with Gasteiger partial charge in [-0.1, -0.05) is 178 Å². The third-order valence-corrected chi connectivity index (χ3v) is 17.0. The van der Waals surface area contributed by atoms with E-state index in [9.17, 15) is 0 Å². The van der Waals surface area contributed by atoms with Gasteiger partial charge >= 0.3 is 0 Å². The van der Waals surface area contributed by atoms with E-state index in [1.54, 1.807) is 0 Å². The minimum Gasteiger partial charge on any atom is -0.455 e. The largest absolute Gasteiger partial charge is 0.455 e. The summed E-state index contributed by atoms with van der Waals surface area (Å²) in [5, 5.41) is 4.75. The van der Waals surface area contributed by atoms with Crippen molar-refractivity contribution in [3.05, 3.63) is 237 Å². The van der Waals surface area contributed by atoms with Crippen molar-refractivity contribution in [2.45, 2.75) is 33.4 Å². The van der Waals surface area contributed by atoms with Crippen molar-refractivity contribution in [2.24, 2.45) is 0 Å². The lowest BCUT2D eigenvalue weighted by Crippen LogP contribution is -2.03. The van der Waals surface area contributed by atoms with Crippen molar-refractivity contribution in [1.29, 1.82) is 0 Å². The fourth-order valence-corrected chi connectivity index (χ4v) is 14.5. The SMILES string of the molecule is CC.c1ccc(-c2ccc3c(c2)c2cc(-c4ccccc4)ccc2n3-c2ccc3c(c2)S(c2ccccc2)(c2ccccc2)c2cc(-c4cccc5c4oc4ccccc45)ccc2-3)cc1. The van der Waals surface area contributed by atoms with Crippen molar-refractivity contribution in [3.8, 4) is 50.2 Å². The van der Waals surface area contributed by atoms with Crippen LogP contribution in [0.1, 0.15) is 13.8 Å². The number of nitrogens with zero attached hydrogens (tertiary/aromatic N) is 1. The van der Waals surface area contributed by atoms with Gasteiger partial charge in [0.25, 0.3) is 0 Å². The van der Waals surface area contributed by atoms with Crippen LogP contribution in [0.2, 0.25) is 0 Å². The molecule has 3 heteroatoms. The molecule has 2 nitrogen and oxygen atoms in total. The number of hydrogen-bond acceptors (Lipinski definition) is 1. The van der Waals surface area contributed by atoms with E-state index in [1.807, 2.05) is 19.9 Å². The molecule has 0 amide bonds. The van der Waals surface area contributed by atoms with Crippen molar-refractivity contribution < 1.29 is 4.42 Å². The molecule has 2 aromatic heterocycles. The average Bonchev–Trinajstić information content (AvgIpc) is 4.03. The number of benzene rings is 10. The van der Waals surface area contributed by atoms with Gasteiger partial charge in [-0.2, -0.15) is 0 Å². The zero-order valence-corrected chi connectivity index (χ0v) is 37.1. The lowest BCUT2D eigenvalue weighted by Gasteiger charge is -2.39. The van der Waals surface area contributed by atoms with Crippen molar-refractivity contribution in [2.75, 3.05) is 0 Å². The van der Waals surface area contributed by atoms with Gasteiger partial charge in [0.1, 0.15) is 11.2 Å². The molecule has 10 aromatic carbocycles. The zero-order valence-electron chi connectivity index (χ0n) is 36.3. The monoisotopic (exact) mass is 851 g/mol. The van der Waals surface area contributed by atoms with Gasteiger partial charge in [0.2, 0.25) is 0 Å². The summed E-state index contributed by atoms with van der Waals surface area (Å²) in [5.41, 5.74) is 15.0. The molecule has 0 N–H and O–H groups in total. The standard InChI is InChI=1S/C60H39NOS.C2H6/c1-5-16-40(17-6-1)42-29-34-55-53(36-42)54-37-43(41-18-7-2-8-19-41)30-35-56(54)61(55)45-31-33-51-50-32-28-44(48-25-15-26-52-49-24-13-14-27-57(49)62-60(48)52)38-58(50)63(59(51)39-45,46-20-9-3-10-21-46)47-22-11-4-12-23-47;1-2/h1-39H;1-2H3. The summed E-state index contributed by atoms with van der Waals surface area (Å²) in [6, 6.07) is 87.2. The maximum Gasteiger partial charge on any atom is 0.143 e. The minimum atomic E-state index is -2.00. The van der Waals surface area contributed by atoms with Gasteiger partial charge in [0.05, 0.1) is 11.0 Å². The van der Waals surface area contributed by atoms with Crippen LogP contribution in [0.25, 0.3) is 93.9 Å². The second-order valence-electron chi connectivity index (χ2n) is 16.4. The summed E-state index contributed by atoms with van der Waals surface area (Å²) in [6.45, 7) is 4.00. The van der Waals surface area contributed by atoms with Crippen LogP contribution in [-0.4, -0.2) is 4.57 Å². The minimum absolute atomic E-state index is 0.909. The Hall–Kier alpha value is -7.85. The summed E-state index contributed by atoms with van der Waals surface area (Å²) < 4.78 is 9.13. The second kappa shape index (κ2) is 15.7. The van der Waals surface area contributed by atoms with Gasteiger partial charge in [-0.15, -0.1) is 10.0 Å². The maximum atomic E-state index is 6.64. The summed E-state index contributed by atoms with van der Waals surface area (Å²) in [7, 11) is -2.00. The first-order chi connectivity index (χ1) is 32.2. The Morgan fingerprint density at radius 3 is 1.43 bits per heavy atom. The van der Waals surface area contributed by atoms with E-state index in [-0.39, 0.29) is 0 Å². The van der Waals surface area contributed by atoms with Crippen LogP contribution >= 0.6 is 10.0 Å². The van der Waals surface area contributed by atoms with E-state index < -0.39 is 10.0 Å².